The van der Waals surface area contributed by atoms with E-state index in [1.807, 2.05) is 30.3 Å². The van der Waals surface area contributed by atoms with E-state index >= 15 is 0 Å². The average Bonchev–Trinajstić information content (AvgIpc) is 2.39. The van der Waals surface area contributed by atoms with Crippen LogP contribution in [-0.2, 0) is 4.74 Å². The van der Waals surface area contributed by atoms with Gasteiger partial charge in [0, 0.05) is 12.6 Å². The van der Waals surface area contributed by atoms with Gasteiger partial charge >= 0.3 is 0 Å². The number of hydrogen-bond donors (Lipinski definition) is 1. The second kappa shape index (κ2) is 6.62. The lowest BCUT2D eigenvalue weighted by molar-refractivity contribution is -0.0146. The molecule has 0 bridgehead atoms. The summed E-state index contributed by atoms with van der Waals surface area (Å²) in [5.41, 5.74) is 0. The van der Waals surface area contributed by atoms with E-state index in [1.165, 1.54) is 0 Å². The van der Waals surface area contributed by atoms with Crippen LogP contribution in [0.25, 0.3) is 0 Å². The Morgan fingerprint density at radius 2 is 2.18 bits per heavy atom. The summed E-state index contributed by atoms with van der Waals surface area (Å²) in [5.74, 6) is 0.922. The molecule has 1 aliphatic rings. The van der Waals surface area contributed by atoms with E-state index in [0.717, 1.165) is 31.7 Å². The van der Waals surface area contributed by atoms with Gasteiger partial charge in [-0.15, -0.1) is 0 Å². The van der Waals surface area contributed by atoms with Gasteiger partial charge in [0.2, 0.25) is 0 Å². The standard InChI is InChI=1S/C14H21NO2/c1-2-9-15-13-8-10-16-11-14(13)17-12-6-4-3-5-7-12/h3-7,13-15H,2,8-11H2,1H3. The van der Waals surface area contributed by atoms with Gasteiger partial charge in [-0.05, 0) is 31.5 Å². The monoisotopic (exact) mass is 235 g/mol. The Morgan fingerprint density at radius 3 is 2.94 bits per heavy atom. The third-order valence-electron chi connectivity index (χ3n) is 2.99. The van der Waals surface area contributed by atoms with Crippen molar-refractivity contribution in [2.45, 2.75) is 31.9 Å². The van der Waals surface area contributed by atoms with Gasteiger partial charge in [-0.25, -0.2) is 0 Å². The van der Waals surface area contributed by atoms with Crippen molar-refractivity contribution >= 4 is 0 Å². The maximum Gasteiger partial charge on any atom is 0.137 e. The van der Waals surface area contributed by atoms with Crippen molar-refractivity contribution in [1.82, 2.24) is 5.32 Å². The summed E-state index contributed by atoms with van der Waals surface area (Å²) in [4.78, 5) is 0. The maximum atomic E-state index is 5.98. The highest BCUT2D eigenvalue weighted by Crippen LogP contribution is 2.17. The minimum absolute atomic E-state index is 0.123. The van der Waals surface area contributed by atoms with E-state index < -0.39 is 0 Å². The molecule has 1 fully saturated rings. The highest BCUT2D eigenvalue weighted by atomic mass is 16.5. The van der Waals surface area contributed by atoms with Gasteiger partial charge in [0.25, 0.3) is 0 Å². The summed E-state index contributed by atoms with van der Waals surface area (Å²) in [6, 6.07) is 10.4. The van der Waals surface area contributed by atoms with Gasteiger partial charge in [-0.2, -0.15) is 0 Å². The molecule has 0 amide bonds. The second-order valence-corrected chi connectivity index (χ2v) is 4.39. The molecule has 0 aliphatic carbocycles. The number of ether oxygens (including phenoxy) is 2. The molecule has 3 heteroatoms. The normalized spacial score (nSPS) is 24.5. The van der Waals surface area contributed by atoms with Crippen molar-refractivity contribution in [3.63, 3.8) is 0 Å². The van der Waals surface area contributed by atoms with Crippen molar-refractivity contribution < 1.29 is 9.47 Å². The number of benzene rings is 1. The average molecular weight is 235 g/mol. The largest absolute Gasteiger partial charge is 0.486 e. The van der Waals surface area contributed by atoms with Gasteiger partial charge in [0.15, 0.2) is 0 Å². The van der Waals surface area contributed by atoms with E-state index in [0.29, 0.717) is 12.6 Å². The Hall–Kier alpha value is -1.06. The zero-order valence-electron chi connectivity index (χ0n) is 10.4. The number of para-hydroxylation sites is 1. The third kappa shape index (κ3) is 3.72. The van der Waals surface area contributed by atoms with Crippen molar-refractivity contribution in [3.8, 4) is 5.75 Å². The molecule has 1 N–H and O–H groups in total. The quantitative estimate of drug-likeness (QED) is 0.849. The molecule has 0 spiro atoms. The Bertz CT molecular complexity index is 315. The second-order valence-electron chi connectivity index (χ2n) is 4.39. The molecule has 2 atom stereocenters. The van der Waals surface area contributed by atoms with Crippen LogP contribution in [0.5, 0.6) is 5.75 Å². The molecule has 1 aliphatic heterocycles. The third-order valence-corrected chi connectivity index (χ3v) is 2.99. The predicted molar refractivity (Wildman–Crippen MR) is 68.4 cm³/mol. The molecule has 1 heterocycles. The first-order chi connectivity index (χ1) is 8.40. The lowest BCUT2D eigenvalue weighted by Gasteiger charge is -2.32. The zero-order chi connectivity index (χ0) is 11.9. The van der Waals surface area contributed by atoms with Gasteiger partial charge in [-0.3, -0.25) is 0 Å². The van der Waals surface area contributed by atoms with Crippen molar-refractivity contribution in [3.05, 3.63) is 30.3 Å². The van der Waals surface area contributed by atoms with Gasteiger partial charge in [0.1, 0.15) is 11.9 Å². The van der Waals surface area contributed by atoms with E-state index in [1.54, 1.807) is 0 Å². The molecule has 1 aromatic carbocycles. The van der Waals surface area contributed by atoms with Crippen LogP contribution in [0, 0.1) is 0 Å². The number of hydrogen-bond acceptors (Lipinski definition) is 3. The molecule has 0 saturated carbocycles. The highest BCUT2D eigenvalue weighted by Gasteiger charge is 2.26. The molecule has 1 aromatic rings. The van der Waals surface area contributed by atoms with Crippen LogP contribution in [0.4, 0.5) is 0 Å². The zero-order valence-corrected chi connectivity index (χ0v) is 10.4. The predicted octanol–water partition coefficient (Wildman–Crippen LogP) is 2.22. The SMILES string of the molecule is CCCNC1CCOCC1Oc1ccccc1. The van der Waals surface area contributed by atoms with Crippen LogP contribution in [0.3, 0.4) is 0 Å². The maximum absolute atomic E-state index is 5.98. The van der Waals surface area contributed by atoms with Crippen LogP contribution in [-0.4, -0.2) is 31.9 Å². The van der Waals surface area contributed by atoms with Crippen LogP contribution in [0.15, 0.2) is 30.3 Å². The molecule has 17 heavy (non-hydrogen) atoms. The number of nitrogens with one attached hydrogen (secondary N) is 1. The van der Waals surface area contributed by atoms with Crippen LogP contribution >= 0.6 is 0 Å². The first-order valence-electron chi connectivity index (χ1n) is 6.43. The summed E-state index contributed by atoms with van der Waals surface area (Å²) in [6.45, 7) is 4.73. The summed E-state index contributed by atoms with van der Waals surface area (Å²) >= 11 is 0. The van der Waals surface area contributed by atoms with Crippen LogP contribution in [0.1, 0.15) is 19.8 Å². The fraction of sp³-hybridized carbons (Fsp3) is 0.571. The van der Waals surface area contributed by atoms with Gasteiger partial charge < -0.3 is 14.8 Å². The van der Waals surface area contributed by atoms with Crippen molar-refractivity contribution in [2.24, 2.45) is 0 Å². The first kappa shape index (κ1) is 12.4. The number of rotatable bonds is 5. The van der Waals surface area contributed by atoms with E-state index in [9.17, 15) is 0 Å². The smallest absolute Gasteiger partial charge is 0.137 e. The molecule has 94 valence electrons. The van der Waals surface area contributed by atoms with Crippen molar-refractivity contribution in [1.29, 1.82) is 0 Å². The molecule has 2 unspecified atom stereocenters. The molecule has 2 rings (SSSR count). The lowest BCUT2D eigenvalue weighted by Crippen LogP contribution is -2.49. The molecular weight excluding hydrogens is 214 g/mol. The van der Waals surface area contributed by atoms with E-state index in [4.69, 9.17) is 9.47 Å². The minimum Gasteiger partial charge on any atom is -0.486 e. The minimum atomic E-state index is 0.123. The lowest BCUT2D eigenvalue weighted by atomic mass is 10.1. The van der Waals surface area contributed by atoms with E-state index in [-0.39, 0.29) is 6.10 Å². The Balaban J connectivity index is 1.92. The fourth-order valence-corrected chi connectivity index (χ4v) is 2.07. The Labute approximate surface area is 103 Å². The summed E-state index contributed by atoms with van der Waals surface area (Å²) in [5, 5.41) is 3.54. The Morgan fingerprint density at radius 1 is 1.35 bits per heavy atom. The molecule has 3 nitrogen and oxygen atoms in total. The van der Waals surface area contributed by atoms with Crippen LogP contribution in [0.2, 0.25) is 0 Å². The fourth-order valence-electron chi connectivity index (χ4n) is 2.07. The molecular formula is C14H21NO2. The molecule has 0 aromatic heterocycles. The Kier molecular flexibility index (Phi) is 4.83. The summed E-state index contributed by atoms with van der Waals surface area (Å²) in [7, 11) is 0. The van der Waals surface area contributed by atoms with Gasteiger partial charge in [-0.1, -0.05) is 25.1 Å². The summed E-state index contributed by atoms with van der Waals surface area (Å²) < 4.78 is 11.5. The first-order valence-corrected chi connectivity index (χ1v) is 6.43. The summed E-state index contributed by atoms with van der Waals surface area (Å²) in [6.07, 6.45) is 2.30. The molecule has 0 radical (unpaired) electrons. The molecule has 1 saturated heterocycles. The van der Waals surface area contributed by atoms with Crippen LogP contribution < -0.4 is 10.1 Å². The highest BCUT2D eigenvalue weighted by molar-refractivity contribution is 5.21. The van der Waals surface area contributed by atoms with Gasteiger partial charge in [0.05, 0.1) is 6.61 Å². The van der Waals surface area contributed by atoms with Crippen molar-refractivity contribution in [2.75, 3.05) is 19.8 Å². The topological polar surface area (TPSA) is 30.5 Å². The van der Waals surface area contributed by atoms with E-state index in [2.05, 4.69) is 12.2 Å².